The third kappa shape index (κ3) is 3.79. The first-order valence-corrected chi connectivity index (χ1v) is 5.08. The van der Waals surface area contributed by atoms with Crippen molar-refractivity contribution >= 4 is 0 Å². The van der Waals surface area contributed by atoms with Gasteiger partial charge in [0, 0.05) is 0 Å². The standard InChI is InChI=1S/C12H19NO/c1-10-7-11(2)9-12(8-10)14-6-4-5-13-3/h7-9,13H,4-6H2,1-3H3. The lowest BCUT2D eigenvalue weighted by Crippen LogP contribution is -2.11. The minimum absolute atomic E-state index is 0.781. The Balaban J connectivity index is 2.42. The highest BCUT2D eigenvalue weighted by molar-refractivity contribution is 5.32. The second-order valence-electron chi connectivity index (χ2n) is 3.63. The van der Waals surface area contributed by atoms with Gasteiger partial charge in [-0.25, -0.2) is 0 Å². The van der Waals surface area contributed by atoms with Crippen molar-refractivity contribution < 1.29 is 4.74 Å². The molecule has 78 valence electrons. The fourth-order valence-electron chi connectivity index (χ4n) is 1.46. The van der Waals surface area contributed by atoms with E-state index in [1.807, 2.05) is 7.05 Å². The largest absolute Gasteiger partial charge is 0.494 e. The number of hydrogen-bond acceptors (Lipinski definition) is 2. The van der Waals surface area contributed by atoms with Crippen molar-refractivity contribution in [2.45, 2.75) is 20.3 Å². The van der Waals surface area contributed by atoms with Crippen LogP contribution in [0.3, 0.4) is 0 Å². The first kappa shape index (κ1) is 11.1. The van der Waals surface area contributed by atoms with E-state index in [1.165, 1.54) is 11.1 Å². The molecule has 0 aliphatic heterocycles. The maximum Gasteiger partial charge on any atom is 0.119 e. The van der Waals surface area contributed by atoms with Crippen LogP contribution in [0.25, 0.3) is 0 Å². The van der Waals surface area contributed by atoms with E-state index in [9.17, 15) is 0 Å². The Labute approximate surface area is 86.3 Å². The predicted molar refractivity (Wildman–Crippen MR) is 60.0 cm³/mol. The lowest BCUT2D eigenvalue weighted by atomic mass is 10.1. The molecule has 2 heteroatoms. The van der Waals surface area contributed by atoms with Gasteiger partial charge in [-0.2, -0.15) is 0 Å². The van der Waals surface area contributed by atoms with E-state index >= 15 is 0 Å². The molecule has 0 bridgehead atoms. The van der Waals surface area contributed by atoms with Crippen molar-refractivity contribution in [1.29, 1.82) is 0 Å². The van der Waals surface area contributed by atoms with Crippen LogP contribution in [-0.4, -0.2) is 20.2 Å². The molecule has 0 amide bonds. The molecule has 0 saturated carbocycles. The molecule has 0 unspecified atom stereocenters. The molecule has 0 aliphatic rings. The lowest BCUT2D eigenvalue weighted by molar-refractivity contribution is 0.309. The number of rotatable bonds is 5. The molecule has 1 N–H and O–H groups in total. The maximum absolute atomic E-state index is 5.63. The molecule has 0 fully saturated rings. The van der Waals surface area contributed by atoms with Crippen molar-refractivity contribution in [3.63, 3.8) is 0 Å². The summed E-state index contributed by atoms with van der Waals surface area (Å²) in [7, 11) is 1.96. The van der Waals surface area contributed by atoms with Crippen molar-refractivity contribution in [2.75, 3.05) is 20.2 Å². The van der Waals surface area contributed by atoms with E-state index in [1.54, 1.807) is 0 Å². The number of ether oxygens (including phenoxy) is 1. The zero-order valence-electron chi connectivity index (χ0n) is 9.26. The van der Waals surface area contributed by atoms with Crippen LogP contribution in [0.15, 0.2) is 18.2 Å². The van der Waals surface area contributed by atoms with Gasteiger partial charge >= 0.3 is 0 Å². The molecule has 0 heterocycles. The van der Waals surface area contributed by atoms with Crippen LogP contribution in [0, 0.1) is 13.8 Å². The molecule has 0 aliphatic carbocycles. The average Bonchev–Trinajstić information content (AvgIpc) is 2.11. The molecule has 14 heavy (non-hydrogen) atoms. The van der Waals surface area contributed by atoms with Gasteiger partial charge in [0.25, 0.3) is 0 Å². The summed E-state index contributed by atoms with van der Waals surface area (Å²) >= 11 is 0. The van der Waals surface area contributed by atoms with Gasteiger partial charge in [0.1, 0.15) is 5.75 Å². The quantitative estimate of drug-likeness (QED) is 0.724. The normalized spacial score (nSPS) is 10.2. The van der Waals surface area contributed by atoms with Gasteiger partial charge in [0.05, 0.1) is 6.61 Å². The van der Waals surface area contributed by atoms with Gasteiger partial charge < -0.3 is 10.1 Å². The van der Waals surface area contributed by atoms with E-state index in [0.29, 0.717) is 0 Å². The molecule has 2 nitrogen and oxygen atoms in total. The molecule has 0 spiro atoms. The Hall–Kier alpha value is -1.02. The van der Waals surface area contributed by atoms with E-state index in [4.69, 9.17) is 4.74 Å². The zero-order chi connectivity index (χ0) is 10.4. The number of aryl methyl sites for hydroxylation is 2. The fraction of sp³-hybridized carbons (Fsp3) is 0.500. The fourth-order valence-corrected chi connectivity index (χ4v) is 1.46. The molecular weight excluding hydrogens is 174 g/mol. The summed E-state index contributed by atoms with van der Waals surface area (Å²) in [6.07, 6.45) is 1.05. The molecule has 0 aromatic heterocycles. The van der Waals surface area contributed by atoms with E-state index < -0.39 is 0 Å². The summed E-state index contributed by atoms with van der Waals surface area (Å²) in [6, 6.07) is 6.30. The minimum Gasteiger partial charge on any atom is -0.494 e. The van der Waals surface area contributed by atoms with Gasteiger partial charge in [-0.1, -0.05) is 6.07 Å². The Morgan fingerprint density at radius 2 is 1.79 bits per heavy atom. The highest BCUT2D eigenvalue weighted by atomic mass is 16.5. The second kappa shape index (κ2) is 5.66. The Morgan fingerprint density at radius 3 is 2.36 bits per heavy atom. The van der Waals surface area contributed by atoms with Crippen molar-refractivity contribution in [2.24, 2.45) is 0 Å². The SMILES string of the molecule is CNCCCOc1cc(C)cc(C)c1. The molecule has 0 saturated heterocycles. The molecule has 1 aromatic rings. The number of nitrogens with one attached hydrogen (secondary N) is 1. The summed E-state index contributed by atoms with van der Waals surface area (Å²) in [5.74, 6) is 0.985. The summed E-state index contributed by atoms with van der Waals surface area (Å²) < 4.78 is 5.63. The summed E-state index contributed by atoms with van der Waals surface area (Å²) in [6.45, 7) is 5.97. The summed E-state index contributed by atoms with van der Waals surface area (Å²) in [5.41, 5.74) is 2.52. The van der Waals surface area contributed by atoms with Gasteiger partial charge in [-0.15, -0.1) is 0 Å². The van der Waals surface area contributed by atoms with Crippen molar-refractivity contribution in [1.82, 2.24) is 5.32 Å². The topological polar surface area (TPSA) is 21.3 Å². The molecule has 0 atom stereocenters. The van der Waals surface area contributed by atoms with Crippen LogP contribution in [0.4, 0.5) is 0 Å². The van der Waals surface area contributed by atoms with Crippen LogP contribution in [0.2, 0.25) is 0 Å². The average molecular weight is 193 g/mol. The van der Waals surface area contributed by atoms with Gasteiger partial charge in [-0.05, 0) is 57.1 Å². The van der Waals surface area contributed by atoms with Crippen molar-refractivity contribution in [3.05, 3.63) is 29.3 Å². The first-order chi connectivity index (χ1) is 6.72. The Bertz CT molecular complexity index is 263. The van der Waals surface area contributed by atoms with Gasteiger partial charge in [0.15, 0.2) is 0 Å². The Kier molecular flexibility index (Phi) is 4.47. The van der Waals surface area contributed by atoms with E-state index in [0.717, 1.165) is 25.3 Å². The number of hydrogen-bond donors (Lipinski definition) is 1. The van der Waals surface area contributed by atoms with Gasteiger partial charge in [0.2, 0.25) is 0 Å². The highest BCUT2D eigenvalue weighted by Gasteiger charge is 1.96. The van der Waals surface area contributed by atoms with Crippen LogP contribution >= 0.6 is 0 Å². The van der Waals surface area contributed by atoms with Crippen LogP contribution < -0.4 is 10.1 Å². The molecule has 1 aromatic carbocycles. The first-order valence-electron chi connectivity index (χ1n) is 5.08. The third-order valence-electron chi connectivity index (χ3n) is 2.04. The van der Waals surface area contributed by atoms with Gasteiger partial charge in [-0.3, -0.25) is 0 Å². The smallest absolute Gasteiger partial charge is 0.119 e. The highest BCUT2D eigenvalue weighted by Crippen LogP contribution is 2.16. The van der Waals surface area contributed by atoms with Crippen LogP contribution in [0.5, 0.6) is 5.75 Å². The van der Waals surface area contributed by atoms with Crippen LogP contribution in [0.1, 0.15) is 17.5 Å². The number of benzene rings is 1. The molecule has 0 radical (unpaired) electrons. The Morgan fingerprint density at radius 1 is 1.14 bits per heavy atom. The maximum atomic E-state index is 5.63. The van der Waals surface area contributed by atoms with E-state index in [2.05, 4.69) is 37.4 Å². The third-order valence-corrected chi connectivity index (χ3v) is 2.04. The predicted octanol–water partition coefficient (Wildman–Crippen LogP) is 2.29. The monoisotopic (exact) mass is 193 g/mol. The van der Waals surface area contributed by atoms with E-state index in [-0.39, 0.29) is 0 Å². The van der Waals surface area contributed by atoms with Crippen molar-refractivity contribution in [3.8, 4) is 5.75 Å². The second-order valence-corrected chi connectivity index (χ2v) is 3.63. The zero-order valence-corrected chi connectivity index (χ0v) is 9.26. The summed E-state index contributed by atoms with van der Waals surface area (Å²) in [5, 5.41) is 3.10. The molecule has 1 rings (SSSR count). The minimum atomic E-state index is 0.781. The lowest BCUT2D eigenvalue weighted by Gasteiger charge is -2.07. The molecular formula is C12H19NO. The van der Waals surface area contributed by atoms with Crippen LogP contribution in [-0.2, 0) is 0 Å². The summed E-state index contributed by atoms with van der Waals surface area (Å²) in [4.78, 5) is 0.